The molecule has 0 saturated heterocycles. The molecule has 0 radical (unpaired) electrons. The maximum absolute atomic E-state index is 12.0. The van der Waals surface area contributed by atoms with Gasteiger partial charge in [-0.2, -0.15) is 0 Å². The molecule has 0 bridgehead atoms. The summed E-state index contributed by atoms with van der Waals surface area (Å²) < 4.78 is 33.3. The van der Waals surface area contributed by atoms with Gasteiger partial charge in [-0.25, -0.2) is 13.2 Å². The highest BCUT2D eigenvalue weighted by molar-refractivity contribution is 7.94. The molecule has 0 saturated carbocycles. The van der Waals surface area contributed by atoms with E-state index in [9.17, 15) is 13.2 Å². The Hall–Kier alpha value is -2.60. The Morgan fingerprint density at radius 3 is 2.22 bits per heavy atom. The largest absolute Gasteiger partial charge is 0.457 e. The zero-order valence-corrected chi connectivity index (χ0v) is 12.9. The summed E-state index contributed by atoms with van der Waals surface area (Å²) in [5, 5.41) is 1.07. The molecule has 2 aromatic carbocycles. The lowest BCUT2D eigenvalue weighted by Gasteiger charge is -2.10. The second-order valence-corrected chi connectivity index (χ2v) is 6.97. The first kappa shape index (κ1) is 15.3. The van der Waals surface area contributed by atoms with Gasteiger partial charge in [0.15, 0.2) is 9.84 Å². The molecule has 0 spiro atoms. The van der Waals surface area contributed by atoms with E-state index in [1.165, 1.54) is 6.08 Å². The average Bonchev–Trinajstić information content (AvgIpc) is 2.88. The number of sulfone groups is 1. The Morgan fingerprint density at radius 1 is 0.957 bits per heavy atom. The van der Waals surface area contributed by atoms with Gasteiger partial charge in [-0.05, 0) is 42.5 Å². The number of para-hydroxylation sites is 1. The van der Waals surface area contributed by atoms with Crippen LogP contribution in [-0.4, -0.2) is 26.2 Å². The number of carbonyl (C=O) groups is 1. The van der Waals surface area contributed by atoms with E-state index in [2.05, 4.69) is 0 Å². The fraction of sp³-hybridized carbons (Fsp3) is 0.118. The molecular weight excluding hydrogens is 316 g/mol. The number of ether oxygens (including phenoxy) is 2. The molecule has 3 rings (SSSR count). The van der Waals surface area contributed by atoms with Crippen LogP contribution in [0.1, 0.15) is 10.4 Å². The lowest BCUT2D eigenvalue weighted by Crippen LogP contribution is -2.19. The van der Waals surface area contributed by atoms with Crippen LogP contribution in [0.5, 0.6) is 11.5 Å². The Kier molecular flexibility index (Phi) is 4.16. The van der Waals surface area contributed by atoms with Crippen molar-refractivity contribution in [1.82, 2.24) is 0 Å². The highest BCUT2D eigenvalue weighted by atomic mass is 32.2. The van der Waals surface area contributed by atoms with Crippen LogP contribution in [0.4, 0.5) is 0 Å². The first-order chi connectivity index (χ1) is 11.0. The second-order valence-electron chi connectivity index (χ2n) is 5.04. The van der Waals surface area contributed by atoms with Crippen LogP contribution >= 0.6 is 0 Å². The van der Waals surface area contributed by atoms with Crippen molar-refractivity contribution in [1.29, 1.82) is 0 Å². The van der Waals surface area contributed by atoms with Gasteiger partial charge >= 0.3 is 5.97 Å². The molecular formula is C17H14O5S. The van der Waals surface area contributed by atoms with E-state index in [0.717, 1.165) is 5.41 Å². The van der Waals surface area contributed by atoms with Crippen LogP contribution in [-0.2, 0) is 14.6 Å². The van der Waals surface area contributed by atoms with E-state index in [1.807, 2.05) is 30.3 Å². The van der Waals surface area contributed by atoms with Gasteiger partial charge < -0.3 is 9.47 Å². The SMILES string of the molecule is O=C(OC1C=CS(=O)(=O)C1)c1ccc(Oc2ccccc2)cc1. The van der Waals surface area contributed by atoms with E-state index in [4.69, 9.17) is 9.47 Å². The van der Waals surface area contributed by atoms with Crippen molar-refractivity contribution in [3.63, 3.8) is 0 Å². The van der Waals surface area contributed by atoms with Crippen molar-refractivity contribution in [2.24, 2.45) is 0 Å². The van der Waals surface area contributed by atoms with E-state index in [0.29, 0.717) is 17.1 Å². The molecule has 1 aliphatic heterocycles. The maximum Gasteiger partial charge on any atom is 0.338 e. The maximum atomic E-state index is 12.0. The molecule has 1 atom stereocenters. The lowest BCUT2D eigenvalue weighted by molar-refractivity contribution is 0.0433. The summed E-state index contributed by atoms with van der Waals surface area (Å²) in [7, 11) is -3.24. The fourth-order valence-electron chi connectivity index (χ4n) is 2.11. The van der Waals surface area contributed by atoms with Crippen molar-refractivity contribution >= 4 is 15.8 Å². The highest BCUT2D eigenvalue weighted by Crippen LogP contribution is 2.22. The van der Waals surface area contributed by atoms with Crippen molar-refractivity contribution in [3.8, 4) is 11.5 Å². The van der Waals surface area contributed by atoms with Gasteiger partial charge in [-0.15, -0.1) is 0 Å². The summed E-state index contributed by atoms with van der Waals surface area (Å²) in [4.78, 5) is 12.0. The zero-order chi connectivity index (χ0) is 16.3. The predicted molar refractivity (Wildman–Crippen MR) is 85.1 cm³/mol. The van der Waals surface area contributed by atoms with Crippen molar-refractivity contribution in [3.05, 3.63) is 71.6 Å². The molecule has 6 heteroatoms. The molecule has 1 heterocycles. The minimum Gasteiger partial charge on any atom is -0.457 e. The highest BCUT2D eigenvalue weighted by Gasteiger charge is 2.25. The van der Waals surface area contributed by atoms with Gasteiger partial charge in [0.1, 0.15) is 17.6 Å². The zero-order valence-electron chi connectivity index (χ0n) is 12.1. The van der Waals surface area contributed by atoms with E-state index < -0.39 is 21.9 Å². The molecule has 0 aliphatic carbocycles. The minimum absolute atomic E-state index is 0.200. The minimum atomic E-state index is -3.24. The quantitative estimate of drug-likeness (QED) is 0.806. The third-order valence-electron chi connectivity index (χ3n) is 3.22. The number of rotatable bonds is 4. The van der Waals surface area contributed by atoms with Crippen LogP contribution in [0, 0.1) is 0 Å². The van der Waals surface area contributed by atoms with E-state index >= 15 is 0 Å². The number of benzene rings is 2. The molecule has 1 aliphatic rings. The molecule has 2 aromatic rings. The Morgan fingerprint density at radius 2 is 1.61 bits per heavy atom. The van der Waals surface area contributed by atoms with Gasteiger partial charge in [-0.3, -0.25) is 0 Å². The Bertz CT molecular complexity index is 823. The summed E-state index contributed by atoms with van der Waals surface area (Å²) in [6, 6.07) is 15.7. The molecule has 118 valence electrons. The molecule has 0 amide bonds. The predicted octanol–water partition coefficient (Wildman–Crippen LogP) is 2.95. The van der Waals surface area contributed by atoms with Gasteiger partial charge in [0.2, 0.25) is 0 Å². The van der Waals surface area contributed by atoms with E-state index in [-0.39, 0.29) is 5.75 Å². The van der Waals surface area contributed by atoms with Crippen LogP contribution in [0.2, 0.25) is 0 Å². The third kappa shape index (κ3) is 3.98. The van der Waals surface area contributed by atoms with Crippen molar-refractivity contribution in [2.45, 2.75) is 6.10 Å². The molecule has 0 fully saturated rings. The van der Waals surface area contributed by atoms with Gasteiger partial charge in [-0.1, -0.05) is 18.2 Å². The van der Waals surface area contributed by atoms with Crippen LogP contribution in [0.15, 0.2) is 66.1 Å². The summed E-state index contributed by atoms with van der Waals surface area (Å²) in [6.07, 6.45) is 0.646. The molecule has 5 nitrogen and oxygen atoms in total. The summed E-state index contributed by atoms with van der Waals surface area (Å²) in [6.45, 7) is 0. The summed E-state index contributed by atoms with van der Waals surface area (Å²) in [5.41, 5.74) is 0.336. The monoisotopic (exact) mass is 330 g/mol. The standard InChI is InChI=1S/C17H14O5S/c18-17(22-16-10-11-23(19,20)12-16)13-6-8-15(9-7-13)21-14-4-2-1-3-5-14/h1-11,16H,12H2. The summed E-state index contributed by atoms with van der Waals surface area (Å²) >= 11 is 0. The lowest BCUT2D eigenvalue weighted by atomic mass is 10.2. The number of hydrogen-bond acceptors (Lipinski definition) is 5. The number of hydrogen-bond donors (Lipinski definition) is 0. The average molecular weight is 330 g/mol. The molecule has 1 unspecified atom stereocenters. The van der Waals surface area contributed by atoms with Crippen molar-refractivity contribution in [2.75, 3.05) is 5.75 Å². The topological polar surface area (TPSA) is 69.7 Å². The van der Waals surface area contributed by atoms with Gasteiger partial charge in [0, 0.05) is 5.41 Å². The second kappa shape index (κ2) is 6.26. The first-order valence-corrected chi connectivity index (χ1v) is 8.68. The van der Waals surface area contributed by atoms with Crippen LogP contribution in [0.3, 0.4) is 0 Å². The van der Waals surface area contributed by atoms with Crippen molar-refractivity contribution < 1.29 is 22.7 Å². The normalized spacial score (nSPS) is 18.5. The van der Waals surface area contributed by atoms with Gasteiger partial charge in [0.05, 0.1) is 11.3 Å². The molecule has 0 aromatic heterocycles. The third-order valence-corrected chi connectivity index (χ3v) is 4.59. The van der Waals surface area contributed by atoms with E-state index in [1.54, 1.807) is 24.3 Å². The van der Waals surface area contributed by atoms with Crippen LogP contribution < -0.4 is 4.74 Å². The molecule has 23 heavy (non-hydrogen) atoms. The Balaban J connectivity index is 1.63. The Labute approximate surface area is 134 Å². The first-order valence-electron chi connectivity index (χ1n) is 6.97. The fourth-order valence-corrected chi connectivity index (χ4v) is 3.27. The molecule has 0 N–H and O–H groups in total. The number of carbonyl (C=O) groups excluding carboxylic acids is 1. The van der Waals surface area contributed by atoms with Crippen LogP contribution in [0.25, 0.3) is 0 Å². The number of esters is 1. The van der Waals surface area contributed by atoms with Gasteiger partial charge in [0.25, 0.3) is 0 Å². The smallest absolute Gasteiger partial charge is 0.338 e. The summed E-state index contributed by atoms with van der Waals surface area (Å²) in [5.74, 6) is 0.525.